The molecule has 2 aromatic heterocycles. The Labute approximate surface area is 168 Å². The number of sulfonamides is 1. The van der Waals surface area contributed by atoms with E-state index >= 15 is 0 Å². The van der Waals surface area contributed by atoms with Crippen LogP contribution in [0.5, 0.6) is 0 Å². The predicted octanol–water partition coefficient (Wildman–Crippen LogP) is 2.55. The molecule has 1 aliphatic rings. The maximum atomic E-state index is 12.8. The van der Waals surface area contributed by atoms with Crippen LogP contribution in [0, 0.1) is 6.92 Å². The van der Waals surface area contributed by atoms with E-state index in [2.05, 4.69) is 10.4 Å². The van der Waals surface area contributed by atoms with E-state index in [0.29, 0.717) is 18.0 Å². The van der Waals surface area contributed by atoms with Gasteiger partial charge < -0.3 is 5.32 Å². The Morgan fingerprint density at radius 2 is 2.04 bits per heavy atom. The molecule has 1 amide bonds. The summed E-state index contributed by atoms with van der Waals surface area (Å²) in [5, 5.41) is 8.56. The highest BCUT2D eigenvalue weighted by Gasteiger charge is 2.27. The molecule has 1 N–H and O–H groups in total. The van der Waals surface area contributed by atoms with Gasteiger partial charge in [0, 0.05) is 24.5 Å². The van der Waals surface area contributed by atoms with Crippen molar-refractivity contribution in [2.75, 3.05) is 19.3 Å². The number of hydrogen-bond donors (Lipinski definition) is 1. The third-order valence-corrected chi connectivity index (χ3v) is 7.34. The Morgan fingerprint density at radius 1 is 1.29 bits per heavy atom. The third-order valence-electron chi connectivity index (χ3n) is 4.96. The molecule has 3 aromatic rings. The van der Waals surface area contributed by atoms with E-state index in [1.165, 1.54) is 21.9 Å². The number of benzene rings is 1. The summed E-state index contributed by atoms with van der Waals surface area (Å²) in [7, 11) is -3.24. The molecule has 1 fully saturated rings. The van der Waals surface area contributed by atoms with Gasteiger partial charge in [0.15, 0.2) is 0 Å². The van der Waals surface area contributed by atoms with Gasteiger partial charge in [0.25, 0.3) is 5.91 Å². The predicted molar refractivity (Wildman–Crippen MR) is 111 cm³/mol. The Hall–Kier alpha value is -2.23. The molecule has 1 saturated heterocycles. The van der Waals surface area contributed by atoms with E-state index in [0.717, 1.165) is 34.4 Å². The van der Waals surface area contributed by atoms with Crippen molar-refractivity contribution >= 4 is 37.5 Å². The highest BCUT2D eigenvalue weighted by Crippen LogP contribution is 2.30. The normalized spacial score (nSPS) is 18.4. The lowest BCUT2D eigenvalue weighted by atomic mass is 10.1. The van der Waals surface area contributed by atoms with Gasteiger partial charge in [-0.15, -0.1) is 11.3 Å². The number of thiophene rings is 1. The first-order chi connectivity index (χ1) is 13.3. The van der Waals surface area contributed by atoms with Crippen LogP contribution in [0.1, 0.15) is 28.2 Å². The van der Waals surface area contributed by atoms with Gasteiger partial charge >= 0.3 is 0 Å². The second-order valence-corrected chi connectivity index (χ2v) is 10.1. The molecule has 4 rings (SSSR count). The lowest BCUT2D eigenvalue weighted by Gasteiger charge is -2.31. The average Bonchev–Trinajstić information content (AvgIpc) is 3.23. The van der Waals surface area contributed by atoms with Gasteiger partial charge in [-0.05, 0) is 38.0 Å². The Kier molecular flexibility index (Phi) is 4.98. The highest BCUT2D eigenvalue weighted by atomic mass is 32.2. The highest BCUT2D eigenvalue weighted by molar-refractivity contribution is 7.88. The summed E-state index contributed by atoms with van der Waals surface area (Å²) in [4.78, 5) is 14.3. The maximum absolute atomic E-state index is 12.8. The number of nitrogens with one attached hydrogen (secondary N) is 1. The SMILES string of the molecule is Cc1nn(-c2ccccc2)c2sc(C(=O)NC3CCCN(S(C)(=O)=O)C3)cc12. The van der Waals surface area contributed by atoms with Gasteiger partial charge in [0.05, 0.1) is 22.5 Å². The van der Waals surface area contributed by atoms with E-state index < -0.39 is 10.0 Å². The van der Waals surface area contributed by atoms with Gasteiger partial charge in [-0.2, -0.15) is 5.10 Å². The van der Waals surface area contributed by atoms with E-state index in [-0.39, 0.29) is 11.9 Å². The molecule has 0 aliphatic carbocycles. The second-order valence-electron chi connectivity index (χ2n) is 7.10. The lowest BCUT2D eigenvalue weighted by molar-refractivity contribution is 0.0925. The molecule has 0 bridgehead atoms. The quantitative estimate of drug-likeness (QED) is 0.706. The summed E-state index contributed by atoms with van der Waals surface area (Å²) >= 11 is 1.40. The molecule has 0 saturated carbocycles. The van der Waals surface area contributed by atoms with Gasteiger partial charge in [0.2, 0.25) is 10.0 Å². The van der Waals surface area contributed by atoms with Crippen molar-refractivity contribution in [3.63, 3.8) is 0 Å². The molecule has 1 aromatic carbocycles. The molecule has 0 radical (unpaired) electrons. The van der Waals surface area contributed by atoms with Crippen molar-refractivity contribution in [1.82, 2.24) is 19.4 Å². The number of aromatic nitrogens is 2. The van der Waals surface area contributed by atoms with Crippen LogP contribution in [-0.4, -0.2) is 53.8 Å². The van der Waals surface area contributed by atoms with Crippen LogP contribution in [0.15, 0.2) is 36.4 Å². The van der Waals surface area contributed by atoms with Crippen LogP contribution in [0.2, 0.25) is 0 Å². The number of carbonyl (C=O) groups is 1. The summed E-state index contributed by atoms with van der Waals surface area (Å²) in [6.07, 6.45) is 2.73. The van der Waals surface area contributed by atoms with Gasteiger partial charge in [0.1, 0.15) is 4.83 Å². The first-order valence-electron chi connectivity index (χ1n) is 9.13. The number of aryl methyl sites for hydroxylation is 1. The van der Waals surface area contributed by atoms with Crippen molar-refractivity contribution in [3.05, 3.63) is 47.0 Å². The average molecular weight is 419 g/mol. The Balaban J connectivity index is 1.57. The number of rotatable bonds is 4. The van der Waals surface area contributed by atoms with E-state index in [1.807, 2.05) is 48.0 Å². The molecule has 1 unspecified atom stereocenters. The summed E-state index contributed by atoms with van der Waals surface area (Å²) in [6, 6.07) is 11.5. The summed E-state index contributed by atoms with van der Waals surface area (Å²) in [5.41, 5.74) is 1.82. The topological polar surface area (TPSA) is 84.3 Å². The van der Waals surface area contributed by atoms with E-state index in [1.54, 1.807) is 0 Å². The zero-order valence-electron chi connectivity index (χ0n) is 15.8. The molecule has 1 atom stereocenters. The fourth-order valence-corrected chi connectivity index (χ4v) is 5.52. The second kappa shape index (κ2) is 7.31. The largest absolute Gasteiger partial charge is 0.347 e. The molecule has 28 heavy (non-hydrogen) atoms. The van der Waals surface area contributed by atoms with Crippen molar-refractivity contribution in [1.29, 1.82) is 0 Å². The zero-order chi connectivity index (χ0) is 19.9. The molecule has 9 heteroatoms. The number of piperidine rings is 1. The number of carbonyl (C=O) groups excluding carboxylic acids is 1. The molecule has 3 heterocycles. The van der Waals surface area contributed by atoms with Crippen molar-refractivity contribution in [2.24, 2.45) is 0 Å². The Morgan fingerprint density at radius 3 is 2.75 bits per heavy atom. The number of nitrogens with zero attached hydrogens (tertiary/aromatic N) is 3. The molecule has 7 nitrogen and oxygen atoms in total. The number of amides is 1. The number of fused-ring (bicyclic) bond motifs is 1. The third kappa shape index (κ3) is 3.69. The van der Waals surface area contributed by atoms with Gasteiger partial charge in [-0.1, -0.05) is 18.2 Å². The summed E-state index contributed by atoms with van der Waals surface area (Å²) in [6.45, 7) is 2.77. The monoisotopic (exact) mass is 418 g/mol. The fourth-order valence-electron chi connectivity index (χ4n) is 3.52. The standard InChI is InChI=1S/C19H22N4O3S2/c1-13-16-11-17(27-19(16)23(21-13)15-8-4-3-5-9-15)18(24)20-14-7-6-10-22(12-14)28(2,25)26/h3-5,8-9,11,14H,6-7,10,12H2,1-2H3,(H,20,24). The van der Waals surface area contributed by atoms with Crippen LogP contribution in [0.3, 0.4) is 0 Å². The van der Waals surface area contributed by atoms with Crippen LogP contribution in [-0.2, 0) is 10.0 Å². The number of hydrogen-bond acceptors (Lipinski definition) is 5. The van der Waals surface area contributed by atoms with E-state index in [9.17, 15) is 13.2 Å². The van der Waals surface area contributed by atoms with Crippen LogP contribution in [0.4, 0.5) is 0 Å². The Bertz CT molecular complexity index is 1120. The zero-order valence-corrected chi connectivity index (χ0v) is 17.4. The number of para-hydroxylation sites is 1. The van der Waals surface area contributed by atoms with Gasteiger partial charge in [-0.3, -0.25) is 4.79 Å². The smallest absolute Gasteiger partial charge is 0.261 e. The first kappa shape index (κ1) is 19.1. The molecular weight excluding hydrogens is 396 g/mol. The molecular formula is C19H22N4O3S2. The van der Waals surface area contributed by atoms with Crippen LogP contribution >= 0.6 is 11.3 Å². The molecule has 148 valence electrons. The van der Waals surface area contributed by atoms with Crippen molar-refractivity contribution in [3.8, 4) is 5.69 Å². The summed E-state index contributed by atoms with van der Waals surface area (Å²) in [5.74, 6) is -0.166. The summed E-state index contributed by atoms with van der Waals surface area (Å²) < 4.78 is 26.9. The minimum Gasteiger partial charge on any atom is -0.347 e. The lowest BCUT2D eigenvalue weighted by Crippen LogP contribution is -2.49. The fraction of sp³-hybridized carbons (Fsp3) is 0.368. The van der Waals surface area contributed by atoms with Crippen molar-refractivity contribution < 1.29 is 13.2 Å². The van der Waals surface area contributed by atoms with Gasteiger partial charge in [-0.25, -0.2) is 17.4 Å². The molecule has 1 aliphatic heterocycles. The van der Waals surface area contributed by atoms with E-state index in [4.69, 9.17) is 0 Å². The minimum absolute atomic E-state index is 0.166. The van der Waals surface area contributed by atoms with Crippen molar-refractivity contribution in [2.45, 2.75) is 25.8 Å². The molecule has 0 spiro atoms. The van der Waals surface area contributed by atoms with Crippen LogP contribution < -0.4 is 5.32 Å². The maximum Gasteiger partial charge on any atom is 0.261 e. The first-order valence-corrected chi connectivity index (χ1v) is 11.8. The minimum atomic E-state index is -3.24. The van der Waals surface area contributed by atoms with Crippen LogP contribution in [0.25, 0.3) is 15.9 Å².